The van der Waals surface area contributed by atoms with Gasteiger partial charge in [-0.05, 0) is 43.9 Å². The summed E-state index contributed by atoms with van der Waals surface area (Å²) in [6.07, 6.45) is -6.10. The van der Waals surface area contributed by atoms with Gasteiger partial charge in [0.25, 0.3) is 5.69 Å². The molecule has 0 unspecified atom stereocenters. The monoisotopic (exact) mass is 625 g/mol. The summed E-state index contributed by atoms with van der Waals surface area (Å²) in [5.41, 5.74) is -3.02. The predicted molar refractivity (Wildman–Crippen MR) is 144 cm³/mol. The van der Waals surface area contributed by atoms with Gasteiger partial charge in [-0.25, -0.2) is 4.98 Å². The molecule has 1 N–H and O–H groups in total. The third-order valence-electron chi connectivity index (χ3n) is 7.07. The zero-order valence-corrected chi connectivity index (χ0v) is 23.0. The highest BCUT2D eigenvalue weighted by atomic mass is 35.5. The van der Waals surface area contributed by atoms with E-state index in [9.17, 15) is 36.5 Å². The van der Waals surface area contributed by atoms with Crippen molar-refractivity contribution < 1.29 is 36.0 Å². The first kappa shape index (κ1) is 31.0. The molecule has 0 bridgehead atoms. The average Bonchev–Trinajstić information content (AvgIpc) is 2.91. The number of nitro benzene ring substituents is 1. The summed E-state index contributed by atoms with van der Waals surface area (Å²) in [7, 11) is 0. The molecule has 0 amide bonds. The van der Waals surface area contributed by atoms with E-state index in [1.54, 1.807) is 4.90 Å². The Morgan fingerprint density at radius 1 is 1.07 bits per heavy atom. The van der Waals surface area contributed by atoms with Gasteiger partial charge in [0.05, 0.1) is 28.2 Å². The maximum Gasteiger partial charge on any atom is 0.423 e. The van der Waals surface area contributed by atoms with Crippen LogP contribution in [0.4, 0.5) is 43.5 Å². The van der Waals surface area contributed by atoms with Crippen molar-refractivity contribution in [3.05, 3.63) is 56.7 Å². The third kappa shape index (κ3) is 7.89. The smallest absolute Gasteiger partial charge is 0.382 e. The Morgan fingerprint density at radius 3 is 2.29 bits per heavy atom. The van der Waals surface area contributed by atoms with E-state index >= 15 is 0 Å². The number of thiocarbonyl (C=S) groups is 1. The van der Waals surface area contributed by atoms with Crippen LogP contribution in [0, 0.1) is 10.1 Å². The standard InChI is InChI=1S/C25H26ClF6N5O3S/c26-20-11-15(24(27,28)29)13-33-23(20)36-9-7-35(8-10-36)22(41)14-40-18-4-1-16(2-5-18)34-17-3-6-21(37(38)39)19(12-17)25(30,31)32/h3,6,11-13,16,18,34H,1-2,4-5,7-10,14H2. The normalized spacial score (nSPS) is 20.2. The second-order valence-corrected chi connectivity index (χ2v) is 10.7. The lowest BCUT2D eigenvalue weighted by atomic mass is 9.92. The summed E-state index contributed by atoms with van der Waals surface area (Å²) < 4.78 is 84.4. The summed E-state index contributed by atoms with van der Waals surface area (Å²) in [6.45, 7) is 2.19. The highest BCUT2D eigenvalue weighted by molar-refractivity contribution is 7.80. The van der Waals surface area contributed by atoms with Crippen molar-refractivity contribution >= 4 is 46.0 Å². The van der Waals surface area contributed by atoms with Gasteiger partial charge in [0.1, 0.15) is 16.4 Å². The molecule has 1 aromatic heterocycles. The van der Waals surface area contributed by atoms with Crippen LogP contribution in [0.25, 0.3) is 0 Å². The number of ether oxygens (including phenoxy) is 1. The van der Waals surface area contributed by atoms with Crippen molar-refractivity contribution in [3.63, 3.8) is 0 Å². The zero-order valence-electron chi connectivity index (χ0n) is 21.5. The zero-order chi connectivity index (χ0) is 29.9. The summed E-state index contributed by atoms with van der Waals surface area (Å²) in [5.74, 6) is 0.287. The van der Waals surface area contributed by atoms with Crippen LogP contribution in [0.15, 0.2) is 30.5 Å². The topological polar surface area (TPSA) is 83.8 Å². The molecule has 41 heavy (non-hydrogen) atoms. The van der Waals surface area contributed by atoms with Crippen molar-refractivity contribution in [2.75, 3.05) is 43.0 Å². The van der Waals surface area contributed by atoms with Crippen LogP contribution < -0.4 is 10.2 Å². The molecular formula is C25H26ClF6N5O3S. The van der Waals surface area contributed by atoms with Crippen molar-refractivity contribution in [2.45, 2.75) is 50.2 Å². The van der Waals surface area contributed by atoms with E-state index in [0.29, 0.717) is 56.9 Å². The van der Waals surface area contributed by atoms with Crippen LogP contribution >= 0.6 is 23.8 Å². The highest BCUT2D eigenvalue weighted by Gasteiger charge is 2.38. The van der Waals surface area contributed by atoms with E-state index in [1.807, 2.05) is 4.90 Å². The Morgan fingerprint density at radius 2 is 1.73 bits per heavy atom. The van der Waals surface area contributed by atoms with E-state index in [2.05, 4.69) is 10.3 Å². The molecule has 1 saturated heterocycles. The fourth-order valence-electron chi connectivity index (χ4n) is 4.89. The van der Waals surface area contributed by atoms with E-state index in [0.717, 1.165) is 24.4 Å². The molecule has 1 saturated carbocycles. The molecule has 8 nitrogen and oxygen atoms in total. The van der Waals surface area contributed by atoms with Gasteiger partial charge >= 0.3 is 12.4 Å². The first-order chi connectivity index (χ1) is 19.2. The molecule has 0 spiro atoms. The molecule has 1 aromatic carbocycles. The van der Waals surface area contributed by atoms with Crippen LogP contribution in [0.1, 0.15) is 36.8 Å². The van der Waals surface area contributed by atoms with Crippen molar-refractivity contribution in [2.24, 2.45) is 0 Å². The maximum absolute atomic E-state index is 13.3. The van der Waals surface area contributed by atoms with Crippen molar-refractivity contribution in [1.82, 2.24) is 9.88 Å². The number of hydrogen-bond donors (Lipinski definition) is 1. The molecule has 2 aromatic rings. The van der Waals surface area contributed by atoms with Crippen LogP contribution in [0.5, 0.6) is 0 Å². The third-order valence-corrected chi connectivity index (χ3v) is 7.72. The fourth-order valence-corrected chi connectivity index (χ4v) is 5.42. The van der Waals surface area contributed by atoms with Crippen LogP contribution in [0.2, 0.25) is 5.02 Å². The van der Waals surface area contributed by atoms with Gasteiger partial charge in [-0.1, -0.05) is 23.8 Å². The number of alkyl halides is 6. The van der Waals surface area contributed by atoms with Crippen molar-refractivity contribution in [1.29, 1.82) is 0 Å². The van der Waals surface area contributed by atoms with E-state index in [1.165, 1.54) is 6.07 Å². The molecule has 1 aliphatic heterocycles. The van der Waals surface area contributed by atoms with Crippen LogP contribution in [0.3, 0.4) is 0 Å². The summed E-state index contributed by atoms with van der Waals surface area (Å²) in [6, 6.07) is 3.65. The minimum absolute atomic E-state index is 0.0707. The highest BCUT2D eigenvalue weighted by Crippen LogP contribution is 2.38. The van der Waals surface area contributed by atoms with Gasteiger partial charge in [0, 0.05) is 50.2 Å². The lowest BCUT2D eigenvalue weighted by molar-refractivity contribution is -0.388. The van der Waals surface area contributed by atoms with Gasteiger partial charge in [0.2, 0.25) is 0 Å². The number of nitrogens with one attached hydrogen (secondary N) is 1. The summed E-state index contributed by atoms with van der Waals surface area (Å²) in [4.78, 5) is 18.2. The number of anilines is 2. The quantitative estimate of drug-likeness (QED) is 0.160. The Balaban J connectivity index is 1.21. The van der Waals surface area contributed by atoms with Crippen LogP contribution in [-0.4, -0.2) is 64.7 Å². The molecule has 2 fully saturated rings. The van der Waals surface area contributed by atoms with Gasteiger partial charge in [0.15, 0.2) is 0 Å². The summed E-state index contributed by atoms with van der Waals surface area (Å²) >= 11 is 11.6. The van der Waals surface area contributed by atoms with Crippen molar-refractivity contribution in [3.8, 4) is 0 Å². The molecule has 16 heteroatoms. The minimum Gasteiger partial charge on any atom is -0.382 e. The van der Waals surface area contributed by atoms with Gasteiger partial charge in [-0.15, -0.1) is 0 Å². The first-order valence-electron chi connectivity index (χ1n) is 12.7. The molecule has 0 atom stereocenters. The minimum atomic E-state index is -4.84. The first-order valence-corrected chi connectivity index (χ1v) is 13.5. The predicted octanol–water partition coefficient (Wildman–Crippen LogP) is 6.57. The molecular weight excluding hydrogens is 600 g/mol. The molecule has 4 rings (SSSR count). The fraction of sp³-hybridized carbons (Fsp3) is 0.520. The molecule has 224 valence electrons. The number of hydrogen-bond acceptors (Lipinski definition) is 7. The molecule has 0 radical (unpaired) electrons. The number of pyridine rings is 1. The second kappa shape index (κ2) is 12.5. The van der Waals surface area contributed by atoms with E-state index in [-0.39, 0.29) is 35.3 Å². The van der Waals surface area contributed by atoms with Crippen LogP contribution in [-0.2, 0) is 17.1 Å². The SMILES string of the molecule is O=[N+]([O-])c1ccc(NC2CCC(OCC(=S)N3CCN(c4ncc(C(F)(F)F)cc4Cl)CC3)CC2)cc1C(F)(F)F. The number of halogens is 7. The number of nitro groups is 1. The number of rotatable bonds is 7. The van der Waals surface area contributed by atoms with Gasteiger partial charge < -0.3 is 19.9 Å². The second-order valence-electron chi connectivity index (χ2n) is 9.81. The number of piperazine rings is 1. The summed E-state index contributed by atoms with van der Waals surface area (Å²) in [5, 5.41) is 13.9. The lowest BCUT2D eigenvalue weighted by Gasteiger charge is -2.37. The number of aromatic nitrogens is 1. The molecule has 1 aliphatic carbocycles. The number of benzene rings is 1. The molecule has 2 heterocycles. The largest absolute Gasteiger partial charge is 0.423 e. The Kier molecular flexibility index (Phi) is 9.49. The van der Waals surface area contributed by atoms with E-state index < -0.39 is 34.1 Å². The van der Waals surface area contributed by atoms with Gasteiger partial charge in [-0.2, -0.15) is 26.3 Å². The Labute approximate surface area is 241 Å². The molecule has 2 aliphatic rings. The van der Waals surface area contributed by atoms with E-state index in [4.69, 9.17) is 28.6 Å². The Bertz CT molecular complexity index is 1270. The lowest BCUT2D eigenvalue weighted by Crippen LogP contribution is -2.49. The average molecular weight is 626 g/mol. The maximum atomic E-state index is 13.3. The number of nitrogens with zero attached hydrogens (tertiary/aromatic N) is 4. The van der Waals surface area contributed by atoms with Gasteiger partial charge in [-0.3, -0.25) is 10.1 Å². The Hall–Kier alpha value is -2.91.